The molecule has 1 fully saturated rings. The molecule has 0 bridgehead atoms. The maximum absolute atomic E-state index is 3.86. The molecule has 2 nitrogen and oxygen atoms in total. The van der Waals surface area contributed by atoms with Crippen LogP contribution >= 0.6 is 15.9 Å². The number of rotatable bonds is 8. The summed E-state index contributed by atoms with van der Waals surface area (Å²) in [4.78, 5) is 2.51. The molecule has 0 heterocycles. The fourth-order valence-electron chi connectivity index (χ4n) is 2.27. The zero-order valence-corrected chi connectivity index (χ0v) is 13.2. The van der Waals surface area contributed by atoms with Gasteiger partial charge in [-0.05, 0) is 36.6 Å². The largest absolute Gasteiger partial charge is 0.313 e. The Balaban J connectivity index is 2.00. The van der Waals surface area contributed by atoms with Crippen molar-refractivity contribution in [2.45, 2.75) is 38.9 Å². The molecule has 1 aliphatic carbocycles. The van der Waals surface area contributed by atoms with Gasteiger partial charge in [0, 0.05) is 30.1 Å². The molecule has 104 valence electrons. The number of benzene rings is 1. The minimum absolute atomic E-state index is 0.770. The Morgan fingerprint density at radius 1 is 1.47 bits per heavy atom. The highest BCUT2D eigenvalue weighted by Crippen LogP contribution is 2.30. The van der Waals surface area contributed by atoms with Crippen LogP contribution in [0, 0.1) is 0 Å². The van der Waals surface area contributed by atoms with Gasteiger partial charge < -0.3 is 5.32 Å². The summed E-state index contributed by atoms with van der Waals surface area (Å²) in [7, 11) is 0. The lowest BCUT2D eigenvalue weighted by Gasteiger charge is -2.21. The smallest absolute Gasteiger partial charge is 0.0251 e. The van der Waals surface area contributed by atoms with Gasteiger partial charge in [-0.1, -0.05) is 41.1 Å². The van der Waals surface area contributed by atoms with Crippen molar-refractivity contribution in [1.29, 1.82) is 0 Å². The molecule has 19 heavy (non-hydrogen) atoms. The molecule has 0 aromatic heterocycles. The third-order valence-electron chi connectivity index (χ3n) is 3.50. The van der Waals surface area contributed by atoms with E-state index in [0.29, 0.717) is 0 Å². The van der Waals surface area contributed by atoms with Crippen molar-refractivity contribution in [3.8, 4) is 0 Å². The third-order valence-corrected chi connectivity index (χ3v) is 4.24. The minimum atomic E-state index is 0.770. The fraction of sp³-hybridized carbons (Fsp3) is 0.500. The predicted octanol–water partition coefficient (Wildman–Crippen LogP) is 3.71. The van der Waals surface area contributed by atoms with E-state index in [2.05, 4.69) is 57.8 Å². The monoisotopic (exact) mass is 322 g/mol. The van der Waals surface area contributed by atoms with Crippen LogP contribution in [-0.4, -0.2) is 24.0 Å². The van der Waals surface area contributed by atoms with Gasteiger partial charge in [0.2, 0.25) is 0 Å². The second-order valence-electron chi connectivity index (χ2n) is 5.16. The number of nitrogens with zero attached hydrogens (tertiary/aromatic N) is 1. The van der Waals surface area contributed by atoms with Crippen LogP contribution in [0.15, 0.2) is 35.3 Å². The topological polar surface area (TPSA) is 15.3 Å². The molecule has 1 aliphatic rings. The number of hydrogen-bond donors (Lipinski definition) is 1. The summed E-state index contributed by atoms with van der Waals surface area (Å²) in [5.74, 6) is 0. The molecule has 1 aromatic carbocycles. The van der Waals surface area contributed by atoms with E-state index in [0.717, 1.165) is 32.2 Å². The molecule has 1 saturated carbocycles. The lowest BCUT2D eigenvalue weighted by molar-refractivity contribution is 0.283. The van der Waals surface area contributed by atoms with Gasteiger partial charge in [-0.15, -0.1) is 6.58 Å². The predicted molar refractivity (Wildman–Crippen MR) is 85.2 cm³/mol. The Morgan fingerprint density at radius 3 is 2.84 bits per heavy atom. The highest BCUT2D eigenvalue weighted by atomic mass is 79.9. The Bertz CT molecular complexity index is 427. The summed E-state index contributed by atoms with van der Waals surface area (Å²) in [5.41, 5.74) is 2.70. The average molecular weight is 323 g/mol. The van der Waals surface area contributed by atoms with Crippen LogP contribution < -0.4 is 5.32 Å². The molecular weight excluding hydrogens is 300 g/mol. The van der Waals surface area contributed by atoms with Gasteiger partial charge in [0.25, 0.3) is 0 Å². The minimum Gasteiger partial charge on any atom is -0.313 e. The van der Waals surface area contributed by atoms with Gasteiger partial charge in [-0.2, -0.15) is 0 Å². The van der Waals surface area contributed by atoms with Gasteiger partial charge in [-0.25, -0.2) is 0 Å². The summed E-state index contributed by atoms with van der Waals surface area (Å²) in [5, 5.41) is 3.36. The Labute approximate surface area is 125 Å². The van der Waals surface area contributed by atoms with E-state index in [-0.39, 0.29) is 0 Å². The van der Waals surface area contributed by atoms with E-state index in [9.17, 15) is 0 Å². The maximum atomic E-state index is 3.86. The van der Waals surface area contributed by atoms with Crippen molar-refractivity contribution in [2.24, 2.45) is 0 Å². The van der Waals surface area contributed by atoms with Crippen LogP contribution in [0.5, 0.6) is 0 Å². The summed E-state index contributed by atoms with van der Waals surface area (Å²) >= 11 is 3.71. The molecule has 0 radical (unpaired) electrons. The van der Waals surface area contributed by atoms with Crippen molar-refractivity contribution in [3.05, 3.63) is 46.5 Å². The SMILES string of the molecule is C=CCN(Cc1ccc(CNCC)cc1Br)C1CC1. The maximum Gasteiger partial charge on any atom is 0.0251 e. The number of hydrogen-bond acceptors (Lipinski definition) is 2. The first-order chi connectivity index (χ1) is 9.24. The van der Waals surface area contributed by atoms with Crippen molar-refractivity contribution in [3.63, 3.8) is 0 Å². The fourth-order valence-corrected chi connectivity index (χ4v) is 2.82. The standard InChI is InChI=1S/C16H23BrN2/c1-3-9-19(15-7-8-15)12-14-6-5-13(10-16(14)17)11-18-4-2/h3,5-6,10,15,18H,1,4,7-9,11-12H2,2H3. The first-order valence-electron chi connectivity index (χ1n) is 7.07. The number of nitrogens with one attached hydrogen (secondary N) is 1. The Kier molecular flexibility index (Phi) is 5.61. The normalized spacial score (nSPS) is 14.9. The van der Waals surface area contributed by atoms with Gasteiger partial charge in [0.1, 0.15) is 0 Å². The molecule has 1 N–H and O–H groups in total. The van der Waals surface area contributed by atoms with Crippen molar-refractivity contribution in [1.82, 2.24) is 10.2 Å². The van der Waals surface area contributed by atoms with Gasteiger partial charge >= 0.3 is 0 Å². The summed E-state index contributed by atoms with van der Waals surface area (Å²) < 4.78 is 1.22. The van der Waals surface area contributed by atoms with E-state index in [1.165, 1.54) is 28.4 Å². The molecule has 1 aromatic rings. The van der Waals surface area contributed by atoms with E-state index in [1.54, 1.807) is 0 Å². The Hall–Kier alpha value is -0.640. The zero-order chi connectivity index (χ0) is 13.7. The third kappa shape index (κ3) is 4.44. The van der Waals surface area contributed by atoms with E-state index < -0.39 is 0 Å². The van der Waals surface area contributed by atoms with Crippen LogP contribution in [0.1, 0.15) is 30.9 Å². The number of halogens is 1. The van der Waals surface area contributed by atoms with E-state index in [4.69, 9.17) is 0 Å². The molecule has 2 rings (SSSR count). The molecule has 0 amide bonds. The van der Waals surface area contributed by atoms with Crippen molar-refractivity contribution >= 4 is 15.9 Å². The second-order valence-corrected chi connectivity index (χ2v) is 6.01. The van der Waals surface area contributed by atoms with E-state index in [1.807, 2.05) is 6.08 Å². The van der Waals surface area contributed by atoms with Crippen molar-refractivity contribution in [2.75, 3.05) is 13.1 Å². The average Bonchev–Trinajstić information content (AvgIpc) is 3.22. The molecule has 0 spiro atoms. The van der Waals surface area contributed by atoms with Crippen LogP contribution in [0.25, 0.3) is 0 Å². The highest BCUT2D eigenvalue weighted by molar-refractivity contribution is 9.10. The molecule has 0 aliphatic heterocycles. The van der Waals surface area contributed by atoms with Crippen LogP contribution in [-0.2, 0) is 13.1 Å². The molecular formula is C16H23BrN2. The lowest BCUT2D eigenvalue weighted by atomic mass is 10.1. The van der Waals surface area contributed by atoms with Crippen LogP contribution in [0.3, 0.4) is 0 Å². The van der Waals surface area contributed by atoms with E-state index >= 15 is 0 Å². The van der Waals surface area contributed by atoms with Gasteiger partial charge in [0.15, 0.2) is 0 Å². The summed E-state index contributed by atoms with van der Waals surface area (Å²) in [6, 6.07) is 7.47. The molecule has 0 unspecified atom stereocenters. The quantitative estimate of drug-likeness (QED) is 0.734. The first-order valence-corrected chi connectivity index (χ1v) is 7.86. The Morgan fingerprint density at radius 2 is 2.26 bits per heavy atom. The van der Waals surface area contributed by atoms with Crippen molar-refractivity contribution < 1.29 is 0 Å². The van der Waals surface area contributed by atoms with Gasteiger partial charge in [-0.3, -0.25) is 4.90 Å². The second kappa shape index (κ2) is 7.22. The highest BCUT2D eigenvalue weighted by Gasteiger charge is 2.28. The summed E-state index contributed by atoms with van der Waals surface area (Å²) in [6.45, 7) is 9.93. The first kappa shape index (κ1) is 14.8. The lowest BCUT2D eigenvalue weighted by Crippen LogP contribution is -2.25. The molecule has 0 saturated heterocycles. The molecule has 3 heteroatoms. The van der Waals surface area contributed by atoms with Gasteiger partial charge in [0.05, 0.1) is 0 Å². The van der Waals surface area contributed by atoms with Crippen LogP contribution in [0.2, 0.25) is 0 Å². The van der Waals surface area contributed by atoms with Crippen LogP contribution in [0.4, 0.5) is 0 Å². The molecule has 0 atom stereocenters. The summed E-state index contributed by atoms with van der Waals surface area (Å²) in [6.07, 6.45) is 4.68. The zero-order valence-electron chi connectivity index (χ0n) is 11.7.